The predicted molar refractivity (Wildman–Crippen MR) is 181 cm³/mol. The molecule has 9 heteroatoms. The highest BCUT2D eigenvalue weighted by molar-refractivity contribution is 6.11. The van der Waals surface area contributed by atoms with E-state index in [9.17, 15) is 24.5 Å². The zero-order valence-corrected chi connectivity index (χ0v) is 25.0. The van der Waals surface area contributed by atoms with E-state index in [2.05, 4.69) is 10.6 Å². The van der Waals surface area contributed by atoms with E-state index in [1.54, 1.807) is 91.0 Å². The lowest BCUT2D eigenvalue weighted by Gasteiger charge is -2.12. The fourth-order valence-electron chi connectivity index (χ4n) is 4.48. The molecule has 0 saturated carbocycles. The van der Waals surface area contributed by atoms with E-state index < -0.39 is 16.7 Å². The molecule has 0 aliphatic rings. The molecule has 0 heterocycles. The van der Waals surface area contributed by atoms with Crippen molar-refractivity contribution >= 4 is 41.1 Å². The van der Waals surface area contributed by atoms with Crippen LogP contribution >= 0.6 is 0 Å². The average molecular weight is 624 g/mol. The van der Waals surface area contributed by atoms with E-state index in [1.807, 2.05) is 30.3 Å². The molecule has 5 rings (SSSR count). The van der Waals surface area contributed by atoms with Gasteiger partial charge in [0.25, 0.3) is 17.5 Å². The van der Waals surface area contributed by atoms with Gasteiger partial charge in [0.2, 0.25) is 0 Å². The van der Waals surface area contributed by atoms with Gasteiger partial charge in [-0.25, -0.2) is 0 Å². The maximum Gasteiger partial charge on any atom is 0.276 e. The summed E-state index contributed by atoms with van der Waals surface area (Å²) < 4.78 is 5.85. The van der Waals surface area contributed by atoms with E-state index in [0.717, 1.165) is 5.56 Å². The molecule has 0 unspecified atom stereocenters. The molecule has 0 atom stereocenters. The third kappa shape index (κ3) is 8.96. The lowest BCUT2D eigenvalue weighted by Crippen LogP contribution is -2.30. The van der Waals surface area contributed by atoms with Crippen LogP contribution in [0, 0.1) is 10.1 Å². The highest BCUT2D eigenvalue weighted by Crippen LogP contribution is 2.20. The van der Waals surface area contributed by atoms with Gasteiger partial charge in [0.1, 0.15) is 18.1 Å². The molecule has 0 aliphatic heterocycles. The van der Waals surface area contributed by atoms with Gasteiger partial charge in [-0.3, -0.25) is 24.5 Å². The Balaban J connectivity index is 1.29. The van der Waals surface area contributed by atoms with Crippen LogP contribution in [-0.2, 0) is 11.4 Å². The fourth-order valence-corrected chi connectivity index (χ4v) is 4.48. The Kier molecular flexibility index (Phi) is 10.4. The molecular weight excluding hydrogens is 594 g/mol. The number of anilines is 1. The van der Waals surface area contributed by atoms with Gasteiger partial charge in [-0.15, -0.1) is 0 Å². The number of nitro benzene ring substituents is 1. The second-order valence-electron chi connectivity index (χ2n) is 10.3. The summed E-state index contributed by atoms with van der Waals surface area (Å²) in [5, 5.41) is 16.7. The van der Waals surface area contributed by atoms with Crippen LogP contribution in [0.1, 0.15) is 37.4 Å². The number of nitrogens with one attached hydrogen (secondary N) is 2. The van der Waals surface area contributed by atoms with Gasteiger partial charge in [-0.1, -0.05) is 72.8 Å². The summed E-state index contributed by atoms with van der Waals surface area (Å²) in [7, 11) is 0. The summed E-state index contributed by atoms with van der Waals surface area (Å²) in [6.07, 6.45) is 4.21. The van der Waals surface area contributed by atoms with Gasteiger partial charge >= 0.3 is 0 Å². The number of hydrogen-bond donors (Lipinski definition) is 2. The molecule has 2 N–H and O–H groups in total. The minimum absolute atomic E-state index is 0.00403. The number of ketones is 1. The smallest absolute Gasteiger partial charge is 0.276 e. The van der Waals surface area contributed by atoms with Gasteiger partial charge in [-0.2, -0.15) is 0 Å². The van der Waals surface area contributed by atoms with Crippen molar-refractivity contribution in [3.8, 4) is 5.75 Å². The normalized spacial score (nSPS) is 11.1. The zero-order valence-electron chi connectivity index (χ0n) is 25.0. The van der Waals surface area contributed by atoms with Crippen molar-refractivity contribution in [2.45, 2.75) is 6.61 Å². The topological polar surface area (TPSA) is 128 Å². The largest absolute Gasteiger partial charge is 0.489 e. The Bertz CT molecular complexity index is 1940. The third-order valence-corrected chi connectivity index (χ3v) is 6.94. The Morgan fingerprint density at radius 2 is 1.36 bits per heavy atom. The van der Waals surface area contributed by atoms with Gasteiger partial charge in [-0.05, 0) is 84.0 Å². The molecule has 0 radical (unpaired) electrons. The Morgan fingerprint density at radius 1 is 0.723 bits per heavy atom. The number of ether oxygens (including phenoxy) is 1. The summed E-state index contributed by atoms with van der Waals surface area (Å²) in [5.41, 5.74) is 2.98. The van der Waals surface area contributed by atoms with Crippen LogP contribution in [0.3, 0.4) is 0 Å². The van der Waals surface area contributed by atoms with Crippen LogP contribution in [0.5, 0.6) is 5.75 Å². The SMILES string of the molecule is O=C(Nc1ccc(C(=O)/C=C/c2ccccc2[N+](=O)[O-])cc1)/C(=C/c1ccc(OCc2ccccc2)cc1)NC(=O)c1ccccc1. The maximum atomic E-state index is 13.4. The van der Waals surface area contributed by atoms with Crippen LogP contribution in [-0.4, -0.2) is 22.5 Å². The Hall–Kier alpha value is -6.61. The standard InChI is InChI=1S/C38H29N3O6/c42-36(24-19-29-11-7-8-14-35(29)41(45)46)30-17-20-32(21-18-30)39-38(44)34(40-37(43)31-12-5-2-6-13-31)25-27-15-22-33(23-16-27)47-26-28-9-3-1-4-10-28/h1-25H,26H2,(H,39,44)(H,40,43)/b24-19+,34-25-. The molecule has 0 aliphatic carbocycles. The molecule has 0 aromatic heterocycles. The number of allylic oxidation sites excluding steroid dienone is 1. The minimum Gasteiger partial charge on any atom is -0.489 e. The number of carbonyl (C=O) groups is 3. The van der Waals surface area contributed by atoms with Crippen LogP contribution in [0.25, 0.3) is 12.2 Å². The van der Waals surface area contributed by atoms with E-state index in [1.165, 1.54) is 30.4 Å². The first kappa shape index (κ1) is 31.8. The highest BCUT2D eigenvalue weighted by atomic mass is 16.6. The highest BCUT2D eigenvalue weighted by Gasteiger charge is 2.16. The van der Waals surface area contributed by atoms with Gasteiger partial charge < -0.3 is 15.4 Å². The van der Waals surface area contributed by atoms with Gasteiger partial charge in [0, 0.05) is 22.9 Å². The lowest BCUT2D eigenvalue weighted by atomic mass is 10.1. The number of para-hydroxylation sites is 1. The molecule has 0 bridgehead atoms. The van der Waals surface area contributed by atoms with Crippen molar-refractivity contribution in [3.63, 3.8) is 0 Å². The van der Waals surface area contributed by atoms with Crippen molar-refractivity contribution in [1.82, 2.24) is 5.32 Å². The number of hydrogen-bond acceptors (Lipinski definition) is 6. The number of nitro groups is 1. The van der Waals surface area contributed by atoms with Crippen LogP contribution < -0.4 is 15.4 Å². The first-order valence-corrected chi connectivity index (χ1v) is 14.6. The fraction of sp³-hybridized carbons (Fsp3) is 0.0263. The van der Waals surface area contributed by atoms with E-state index in [4.69, 9.17) is 4.74 Å². The lowest BCUT2D eigenvalue weighted by molar-refractivity contribution is -0.385. The van der Waals surface area contributed by atoms with Crippen molar-refractivity contribution in [1.29, 1.82) is 0 Å². The molecule has 2 amide bonds. The predicted octanol–water partition coefficient (Wildman–Crippen LogP) is 7.48. The van der Waals surface area contributed by atoms with Gasteiger partial charge in [0.15, 0.2) is 5.78 Å². The van der Waals surface area contributed by atoms with Crippen molar-refractivity contribution in [2.75, 3.05) is 5.32 Å². The van der Waals surface area contributed by atoms with Gasteiger partial charge in [0.05, 0.1) is 10.5 Å². The van der Waals surface area contributed by atoms with Crippen molar-refractivity contribution in [2.24, 2.45) is 0 Å². The number of benzene rings is 5. The number of nitrogens with zero attached hydrogens (tertiary/aromatic N) is 1. The molecular formula is C38H29N3O6. The molecule has 232 valence electrons. The summed E-state index contributed by atoms with van der Waals surface area (Å²) in [6.45, 7) is 0.410. The third-order valence-electron chi connectivity index (χ3n) is 6.94. The summed E-state index contributed by atoms with van der Waals surface area (Å²) in [6, 6.07) is 37.7. The molecule has 0 saturated heterocycles. The molecule has 5 aromatic rings. The molecule has 5 aromatic carbocycles. The second-order valence-corrected chi connectivity index (χ2v) is 10.3. The summed E-state index contributed by atoms with van der Waals surface area (Å²) in [5.74, 6) is -0.750. The zero-order chi connectivity index (χ0) is 33.0. The monoisotopic (exact) mass is 623 g/mol. The minimum atomic E-state index is -0.575. The quantitative estimate of drug-likeness (QED) is 0.0642. The second kappa shape index (κ2) is 15.4. The van der Waals surface area contributed by atoms with Crippen LogP contribution in [0.15, 0.2) is 145 Å². The van der Waals surface area contributed by atoms with Crippen LogP contribution in [0.2, 0.25) is 0 Å². The Morgan fingerprint density at radius 3 is 2.04 bits per heavy atom. The molecule has 9 nitrogen and oxygen atoms in total. The number of amides is 2. The molecule has 0 fully saturated rings. The average Bonchev–Trinajstić information content (AvgIpc) is 3.11. The number of rotatable bonds is 12. The molecule has 0 spiro atoms. The Labute approximate surface area is 271 Å². The first-order valence-electron chi connectivity index (χ1n) is 14.6. The number of carbonyl (C=O) groups excluding carboxylic acids is 3. The van der Waals surface area contributed by atoms with Crippen molar-refractivity contribution in [3.05, 3.63) is 183 Å². The summed E-state index contributed by atoms with van der Waals surface area (Å²) in [4.78, 5) is 49.9. The van der Waals surface area contributed by atoms with Crippen molar-refractivity contribution < 1.29 is 24.0 Å². The van der Waals surface area contributed by atoms with E-state index >= 15 is 0 Å². The van der Waals surface area contributed by atoms with E-state index in [-0.39, 0.29) is 17.2 Å². The van der Waals surface area contributed by atoms with E-state index in [0.29, 0.717) is 40.3 Å². The van der Waals surface area contributed by atoms with Crippen LogP contribution in [0.4, 0.5) is 11.4 Å². The molecule has 47 heavy (non-hydrogen) atoms. The summed E-state index contributed by atoms with van der Waals surface area (Å²) >= 11 is 0. The first-order chi connectivity index (χ1) is 22.9. The maximum absolute atomic E-state index is 13.4.